The number of carbonyl (C=O) groups is 1. The fourth-order valence-corrected chi connectivity index (χ4v) is 3.90. The number of methoxy groups -OCH3 is 1. The van der Waals surface area contributed by atoms with Gasteiger partial charge in [0.1, 0.15) is 17.1 Å². The van der Waals surface area contributed by atoms with Gasteiger partial charge in [0.05, 0.1) is 29.6 Å². The summed E-state index contributed by atoms with van der Waals surface area (Å²) in [5.74, 6) is 0.193. The van der Waals surface area contributed by atoms with Crippen LogP contribution in [-0.4, -0.2) is 40.7 Å². The van der Waals surface area contributed by atoms with E-state index in [4.69, 9.17) is 30.6 Å². The van der Waals surface area contributed by atoms with Crippen LogP contribution in [0, 0.1) is 0 Å². The predicted octanol–water partition coefficient (Wildman–Crippen LogP) is 4.82. The third-order valence-electron chi connectivity index (χ3n) is 5.35. The molecule has 5 rings (SSSR count). The van der Waals surface area contributed by atoms with Crippen molar-refractivity contribution in [2.75, 3.05) is 13.7 Å². The van der Waals surface area contributed by atoms with Crippen molar-refractivity contribution in [3.8, 4) is 23.1 Å². The molecule has 0 bridgehead atoms. The zero-order chi connectivity index (χ0) is 25.2. The average molecular weight is 504 g/mol. The summed E-state index contributed by atoms with van der Waals surface area (Å²) in [6.07, 6.45) is 1.35. The van der Waals surface area contributed by atoms with Crippen LogP contribution in [0.5, 0.6) is 11.5 Å². The Kier molecular flexibility index (Phi) is 6.14. The molecule has 2 aromatic heterocycles. The summed E-state index contributed by atoms with van der Waals surface area (Å²) in [5.41, 5.74) is 0.987. The first-order valence-electron chi connectivity index (χ1n) is 10.7. The van der Waals surface area contributed by atoms with Crippen LogP contribution < -0.4 is 15.0 Å². The topological polar surface area (TPSA) is 116 Å². The highest BCUT2D eigenvalue weighted by molar-refractivity contribution is 6.30. The number of halogens is 1. The largest absolute Gasteiger partial charge is 0.496 e. The van der Waals surface area contributed by atoms with Gasteiger partial charge >= 0.3 is 5.97 Å². The Morgan fingerprint density at radius 1 is 1.11 bits per heavy atom. The first-order chi connectivity index (χ1) is 17.4. The molecule has 0 aliphatic heterocycles. The Morgan fingerprint density at radius 2 is 1.94 bits per heavy atom. The second-order valence-electron chi connectivity index (χ2n) is 7.66. The van der Waals surface area contributed by atoms with E-state index >= 15 is 0 Å². The number of rotatable bonds is 7. The van der Waals surface area contributed by atoms with E-state index < -0.39 is 18.1 Å². The number of ether oxygens (including phenoxy) is 2. The summed E-state index contributed by atoms with van der Waals surface area (Å²) in [4.78, 5) is 29.1. The summed E-state index contributed by atoms with van der Waals surface area (Å²) in [5, 5.41) is 14.8. The number of nitrogens with zero attached hydrogens (tertiary/aromatic N) is 3. The molecule has 0 aliphatic carbocycles. The number of hydrogen-bond acceptors (Lipinski definition) is 7. The molecule has 10 heteroatoms. The van der Waals surface area contributed by atoms with E-state index in [1.807, 2.05) is 0 Å². The van der Waals surface area contributed by atoms with Crippen molar-refractivity contribution >= 4 is 45.7 Å². The summed E-state index contributed by atoms with van der Waals surface area (Å²) in [6, 6.07) is 18.7. The van der Waals surface area contributed by atoms with Gasteiger partial charge in [-0.1, -0.05) is 29.8 Å². The van der Waals surface area contributed by atoms with Crippen LogP contribution in [0.2, 0.25) is 5.02 Å². The molecule has 0 saturated carbocycles. The van der Waals surface area contributed by atoms with Crippen LogP contribution >= 0.6 is 11.6 Å². The third-order valence-corrected chi connectivity index (χ3v) is 5.59. The monoisotopic (exact) mass is 503 g/mol. The Morgan fingerprint density at radius 3 is 2.75 bits per heavy atom. The second-order valence-corrected chi connectivity index (χ2v) is 8.10. The maximum absolute atomic E-state index is 13.5. The summed E-state index contributed by atoms with van der Waals surface area (Å²) >= 11 is 6.13. The molecule has 0 aliphatic rings. The lowest BCUT2D eigenvalue weighted by Gasteiger charge is -2.09. The molecule has 9 nitrogen and oxygen atoms in total. The zero-order valence-electron chi connectivity index (χ0n) is 18.8. The highest BCUT2D eigenvalue weighted by Crippen LogP contribution is 2.33. The van der Waals surface area contributed by atoms with Gasteiger partial charge in [-0.25, -0.2) is 9.78 Å². The van der Waals surface area contributed by atoms with Crippen LogP contribution in [0.1, 0.15) is 5.56 Å². The molecule has 36 heavy (non-hydrogen) atoms. The van der Waals surface area contributed by atoms with Crippen molar-refractivity contribution in [1.29, 1.82) is 0 Å². The van der Waals surface area contributed by atoms with Crippen LogP contribution in [0.3, 0.4) is 0 Å². The molecule has 0 unspecified atom stereocenters. The molecule has 5 aromatic rings. The molecule has 0 spiro atoms. The Bertz CT molecular complexity index is 1710. The minimum Gasteiger partial charge on any atom is -0.496 e. The molecular formula is C26H18ClN3O6. The van der Waals surface area contributed by atoms with E-state index in [0.29, 0.717) is 44.0 Å². The van der Waals surface area contributed by atoms with Gasteiger partial charge in [-0.05, 0) is 48.5 Å². The first kappa shape index (κ1) is 23.1. The van der Waals surface area contributed by atoms with Gasteiger partial charge < -0.3 is 19.0 Å². The van der Waals surface area contributed by atoms with E-state index in [9.17, 15) is 9.59 Å². The number of aromatic nitrogens is 2. The van der Waals surface area contributed by atoms with E-state index in [-0.39, 0.29) is 11.6 Å². The van der Waals surface area contributed by atoms with Crippen LogP contribution in [0.4, 0.5) is 0 Å². The lowest BCUT2D eigenvalue weighted by molar-refractivity contribution is -0.139. The van der Waals surface area contributed by atoms with Gasteiger partial charge in [0.2, 0.25) is 5.82 Å². The highest BCUT2D eigenvalue weighted by atomic mass is 35.5. The summed E-state index contributed by atoms with van der Waals surface area (Å²) in [6.45, 7) is -0.550. The SMILES string of the molecule is COc1cccc2oc(-c3nc4ccccc4c(=O)n3N=Cc3cc(Cl)ccc3OCC(=O)O)cc12. The van der Waals surface area contributed by atoms with Gasteiger partial charge in [0.25, 0.3) is 5.56 Å². The van der Waals surface area contributed by atoms with Crippen molar-refractivity contribution in [3.05, 3.63) is 87.7 Å². The Labute approximate surface area is 208 Å². The minimum atomic E-state index is -1.13. The van der Waals surface area contributed by atoms with Gasteiger partial charge in [-0.2, -0.15) is 9.78 Å². The molecular weight excluding hydrogens is 486 g/mol. The molecule has 1 N–H and O–H groups in total. The van der Waals surface area contributed by atoms with Crippen LogP contribution in [-0.2, 0) is 4.79 Å². The normalized spacial score (nSPS) is 11.4. The molecule has 2 heterocycles. The molecule has 0 atom stereocenters. The Hall–Kier alpha value is -4.63. The fraction of sp³-hybridized carbons (Fsp3) is 0.0769. The van der Waals surface area contributed by atoms with Crippen molar-refractivity contribution in [1.82, 2.24) is 9.66 Å². The molecule has 0 radical (unpaired) electrons. The molecule has 0 amide bonds. The van der Waals surface area contributed by atoms with Crippen molar-refractivity contribution in [2.24, 2.45) is 5.10 Å². The number of aliphatic carboxylic acids is 1. The standard InChI is InChI=1S/C26H18ClN3O6/c1-34-21-7-4-8-22-18(21)12-23(36-22)25-29-19-6-3-2-5-17(19)26(33)30(25)28-13-15-11-16(27)9-10-20(15)35-14-24(31)32/h2-13H,14H2,1H3,(H,31,32). The number of carboxylic acids is 1. The number of fused-ring (bicyclic) bond motifs is 2. The summed E-state index contributed by atoms with van der Waals surface area (Å²) in [7, 11) is 1.56. The number of hydrogen-bond donors (Lipinski definition) is 1. The van der Waals surface area contributed by atoms with Gasteiger partial charge in [-0.15, -0.1) is 0 Å². The molecule has 180 valence electrons. The quantitative estimate of drug-likeness (QED) is 0.316. The van der Waals surface area contributed by atoms with Gasteiger partial charge in [0, 0.05) is 10.6 Å². The zero-order valence-corrected chi connectivity index (χ0v) is 19.6. The maximum atomic E-state index is 13.5. The Balaban J connectivity index is 1.69. The van der Waals surface area contributed by atoms with Gasteiger partial charge in [0.15, 0.2) is 12.4 Å². The highest BCUT2D eigenvalue weighted by Gasteiger charge is 2.18. The first-order valence-corrected chi connectivity index (χ1v) is 11.1. The van der Waals surface area contributed by atoms with E-state index in [0.717, 1.165) is 4.68 Å². The maximum Gasteiger partial charge on any atom is 0.341 e. The lowest BCUT2D eigenvalue weighted by atomic mass is 10.2. The number of carboxylic acid groups (broad SMARTS) is 1. The molecule has 0 fully saturated rings. The van der Waals surface area contributed by atoms with E-state index in [1.54, 1.807) is 67.8 Å². The van der Waals surface area contributed by atoms with Crippen molar-refractivity contribution in [2.45, 2.75) is 0 Å². The second kappa shape index (κ2) is 9.55. The smallest absolute Gasteiger partial charge is 0.341 e. The fourth-order valence-electron chi connectivity index (χ4n) is 3.72. The van der Waals surface area contributed by atoms with Crippen molar-refractivity contribution in [3.63, 3.8) is 0 Å². The van der Waals surface area contributed by atoms with Gasteiger partial charge in [-0.3, -0.25) is 4.79 Å². The van der Waals surface area contributed by atoms with E-state index in [2.05, 4.69) is 10.1 Å². The number of para-hydroxylation sites is 1. The lowest BCUT2D eigenvalue weighted by Crippen LogP contribution is -2.20. The summed E-state index contributed by atoms with van der Waals surface area (Å²) < 4.78 is 17.9. The average Bonchev–Trinajstić information content (AvgIpc) is 3.32. The number of benzene rings is 3. The number of furan rings is 1. The minimum absolute atomic E-state index is 0.170. The predicted molar refractivity (Wildman–Crippen MR) is 135 cm³/mol. The van der Waals surface area contributed by atoms with Crippen LogP contribution in [0.25, 0.3) is 33.5 Å². The molecule has 0 saturated heterocycles. The van der Waals surface area contributed by atoms with Crippen LogP contribution in [0.15, 0.2) is 81.0 Å². The molecule has 3 aromatic carbocycles. The van der Waals surface area contributed by atoms with E-state index in [1.165, 1.54) is 12.3 Å². The third kappa shape index (κ3) is 4.39. The van der Waals surface area contributed by atoms with Crippen molar-refractivity contribution < 1.29 is 23.8 Å².